The topological polar surface area (TPSA) is 25.6 Å². The minimum Gasteiger partial charge on any atom is -0.472 e. The Morgan fingerprint density at radius 2 is 1.60 bits per heavy atom. The van der Waals surface area contributed by atoms with Crippen molar-refractivity contribution in [1.29, 1.82) is 0 Å². The highest BCUT2D eigenvalue weighted by Gasteiger charge is 2.42. The fourth-order valence-corrected chi connectivity index (χ4v) is 9.08. The third kappa shape index (κ3) is 3.77. The number of anilines is 2. The van der Waals surface area contributed by atoms with Gasteiger partial charge in [0.2, 0.25) is 0 Å². The molecule has 6 aromatic rings. The van der Waals surface area contributed by atoms with E-state index in [2.05, 4.69) is 152 Å². The molecular weight excluding hydrogens is 611 g/mol. The summed E-state index contributed by atoms with van der Waals surface area (Å²) in [6.45, 7) is 4.75. The monoisotopic (exact) mass is 643 g/mol. The lowest BCUT2D eigenvalue weighted by molar-refractivity contribution is 0.332. The minimum atomic E-state index is -0.227. The Labute approximate surface area is 291 Å². The zero-order valence-corrected chi connectivity index (χ0v) is 27.9. The summed E-state index contributed by atoms with van der Waals surface area (Å²) in [6.07, 6.45) is 14.1. The van der Waals surface area contributed by atoms with Crippen LogP contribution in [0.2, 0.25) is 0 Å². The Morgan fingerprint density at radius 1 is 0.780 bits per heavy atom. The molecule has 0 saturated carbocycles. The third-order valence-electron chi connectivity index (χ3n) is 11.5. The van der Waals surface area contributed by atoms with Crippen LogP contribution in [-0.2, 0) is 5.41 Å². The van der Waals surface area contributed by atoms with Gasteiger partial charge in [-0.2, -0.15) is 0 Å². The van der Waals surface area contributed by atoms with Gasteiger partial charge in [-0.3, -0.25) is 0 Å². The molecule has 5 aromatic carbocycles. The number of ether oxygens (including phenoxy) is 1. The van der Waals surface area contributed by atoms with Crippen LogP contribution < -0.4 is 9.64 Å². The zero-order valence-electron chi connectivity index (χ0n) is 27.9. The van der Waals surface area contributed by atoms with Gasteiger partial charge < -0.3 is 14.1 Å². The quantitative estimate of drug-likeness (QED) is 0.176. The molecule has 11 rings (SSSR count). The summed E-state index contributed by atoms with van der Waals surface area (Å²) in [6, 6.07) is 35.5. The van der Waals surface area contributed by atoms with Crippen LogP contribution in [0.3, 0.4) is 0 Å². The number of hydrogen-bond donors (Lipinski definition) is 0. The van der Waals surface area contributed by atoms with Crippen LogP contribution in [0.4, 0.5) is 11.4 Å². The van der Waals surface area contributed by atoms with Crippen molar-refractivity contribution in [3.8, 4) is 28.7 Å². The second kappa shape index (κ2) is 10.0. The normalized spacial score (nSPS) is 23.6. The van der Waals surface area contributed by atoms with E-state index in [0.29, 0.717) is 6.42 Å². The van der Waals surface area contributed by atoms with Crippen molar-refractivity contribution in [1.82, 2.24) is 0 Å². The summed E-state index contributed by atoms with van der Waals surface area (Å²) < 4.78 is 12.9. The van der Waals surface area contributed by atoms with Crippen LogP contribution in [0.5, 0.6) is 5.75 Å². The highest BCUT2D eigenvalue weighted by atomic mass is 16.5. The van der Waals surface area contributed by atoms with Crippen LogP contribution in [-0.4, -0.2) is 12.1 Å². The Morgan fingerprint density at radius 3 is 2.54 bits per heavy atom. The number of para-hydroxylation sites is 2. The average molecular weight is 644 g/mol. The van der Waals surface area contributed by atoms with Gasteiger partial charge in [-0.05, 0) is 75.4 Å². The average Bonchev–Trinajstić information content (AvgIpc) is 3.85. The molecule has 0 saturated heterocycles. The summed E-state index contributed by atoms with van der Waals surface area (Å²) in [7, 11) is 0. The lowest BCUT2D eigenvalue weighted by Gasteiger charge is -2.30. The van der Waals surface area contributed by atoms with E-state index in [1.54, 1.807) is 0 Å². The molecule has 3 nitrogen and oxygen atoms in total. The Kier molecular flexibility index (Phi) is 5.60. The molecular formula is C47H33NO2. The molecule has 0 fully saturated rings. The van der Waals surface area contributed by atoms with Crippen molar-refractivity contribution >= 4 is 44.5 Å². The van der Waals surface area contributed by atoms with Gasteiger partial charge >= 0.3 is 0 Å². The molecule has 0 radical (unpaired) electrons. The molecule has 5 aliphatic rings. The predicted octanol–water partition coefficient (Wildman–Crippen LogP) is 11.3. The first kappa shape index (κ1) is 27.9. The first-order valence-corrected chi connectivity index (χ1v) is 17.6. The van der Waals surface area contributed by atoms with Gasteiger partial charge in [0.25, 0.3) is 0 Å². The lowest BCUT2D eigenvalue weighted by Crippen LogP contribution is -2.29. The van der Waals surface area contributed by atoms with Crippen LogP contribution in [0.15, 0.2) is 138 Å². The fourth-order valence-electron chi connectivity index (χ4n) is 9.08. The molecule has 1 aromatic heterocycles. The van der Waals surface area contributed by atoms with E-state index < -0.39 is 0 Å². The van der Waals surface area contributed by atoms with Crippen molar-refractivity contribution < 1.29 is 9.15 Å². The first-order valence-electron chi connectivity index (χ1n) is 17.6. The van der Waals surface area contributed by atoms with Crippen LogP contribution >= 0.6 is 0 Å². The summed E-state index contributed by atoms with van der Waals surface area (Å²) >= 11 is 0. The molecule has 2 aliphatic heterocycles. The Hall–Kier alpha value is -5.98. The molecule has 3 unspecified atom stereocenters. The van der Waals surface area contributed by atoms with E-state index in [9.17, 15) is 0 Å². The molecule has 3 heteroatoms. The summed E-state index contributed by atoms with van der Waals surface area (Å²) in [5.74, 6) is 7.85. The SMILES string of the molecule is CC1(C)c2cc(C3=C/CC#CC4Oc5ccccc5\C4=C\3)ccc2-c2ccc(N3c4c(ccc5c4oc4ccccc45)C4C=CC=CC43)cc21. The minimum absolute atomic E-state index is 0.182. The predicted molar refractivity (Wildman–Crippen MR) is 204 cm³/mol. The number of rotatable bonds is 2. The van der Waals surface area contributed by atoms with Crippen molar-refractivity contribution in [2.45, 2.75) is 43.7 Å². The molecule has 3 heterocycles. The number of nitrogens with zero attached hydrogens (tertiary/aromatic N) is 1. The van der Waals surface area contributed by atoms with Gasteiger partial charge in [0.15, 0.2) is 11.7 Å². The van der Waals surface area contributed by atoms with E-state index in [1.165, 1.54) is 55.7 Å². The van der Waals surface area contributed by atoms with Crippen molar-refractivity contribution in [3.63, 3.8) is 0 Å². The zero-order chi connectivity index (χ0) is 33.1. The lowest BCUT2D eigenvalue weighted by atomic mass is 9.81. The second-order valence-electron chi connectivity index (χ2n) is 14.5. The van der Waals surface area contributed by atoms with E-state index in [0.717, 1.165) is 33.4 Å². The van der Waals surface area contributed by atoms with E-state index in [4.69, 9.17) is 9.15 Å². The number of hydrogen-bond acceptors (Lipinski definition) is 3. The number of fused-ring (bicyclic) bond motifs is 13. The molecule has 0 bridgehead atoms. The highest BCUT2D eigenvalue weighted by Crippen LogP contribution is 2.55. The largest absolute Gasteiger partial charge is 0.472 e. The first-order chi connectivity index (χ1) is 24.5. The van der Waals surface area contributed by atoms with Crippen LogP contribution in [0, 0.1) is 11.8 Å². The molecule has 0 N–H and O–H groups in total. The highest BCUT2D eigenvalue weighted by molar-refractivity contribution is 6.11. The van der Waals surface area contributed by atoms with Crippen LogP contribution in [0.25, 0.3) is 44.2 Å². The molecule has 50 heavy (non-hydrogen) atoms. The Balaban J connectivity index is 1.02. The second-order valence-corrected chi connectivity index (χ2v) is 14.5. The summed E-state index contributed by atoms with van der Waals surface area (Å²) in [4.78, 5) is 2.53. The molecule has 3 aliphatic carbocycles. The van der Waals surface area contributed by atoms with Gasteiger partial charge in [-0.1, -0.05) is 123 Å². The molecule has 0 amide bonds. The maximum Gasteiger partial charge on any atom is 0.185 e. The Bertz CT molecular complexity index is 2670. The van der Waals surface area contributed by atoms with Crippen LogP contribution in [0.1, 0.15) is 54.0 Å². The standard InChI is InChI=1S/C47H33NO2/c1-47(2)39-26-29(28-11-3-8-18-44-38(25-28)35-14-6-9-16-42(35)49-44)19-21-31(39)32-22-20-30(27-40(32)47)48-41-15-7-4-12-33(41)36-23-24-37-34-13-5-10-17-43(34)50-46(37)45(36)48/h4-7,9-17,19-27,33,41,44H,3H2,1-2H3/b28-11+,38-25-. The van der Waals surface area contributed by atoms with Gasteiger partial charge in [0, 0.05) is 45.4 Å². The summed E-state index contributed by atoms with van der Waals surface area (Å²) in [5.41, 5.74) is 15.4. The number of furan rings is 1. The van der Waals surface area contributed by atoms with Crippen molar-refractivity contribution in [3.05, 3.63) is 161 Å². The number of allylic oxidation sites excluding steroid dienone is 5. The molecule has 238 valence electrons. The fraction of sp³-hybridized carbons (Fsp3) is 0.149. The van der Waals surface area contributed by atoms with Gasteiger partial charge in [0.1, 0.15) is 11.3 Å². The molecule has 3 atom stereocenters. The number of benzene rings is 5. The van der Waals surface area contributed by atoms with E-state index >= 15 is 0 Å². The van der Waals surface area contributed by atoms with Gasteiger partial charge in [-0.25, -0.2) is 0 Å². The summed E-state index contributed by atoms with van der Waals surface area (Å²) in [5, 5.41) is 2.33. The van der Waals surface area contributed by atoms with Crippen molar-refractivity contribution in [2.75, 3.05) is 4.90 Å². The third-order valence-corrected chi connectivity index (χ3v) is 11.5. The molecule has 0 spiro atoms. The van der Waals surface area contributed by atoms with Gasteiger partial charge in [-0.15, -0.1) is 0 Å². The maximum atomic E-state index is 6.65. The van der Waals surface area contributed by atoms with Gasteiger partial charge in [0.05, 0.1) is 11.7 Å². The maximum absolute atomic E-state index is 6.65. The smallest absolute Gasteiger partial charge is 0.185 e. The van der Waals surface area contributed by atoms with Crippen molar-refractivity contribution in [2.24, 2.45) is 0 Å². The van der Waals surface area contributed by atoms with E-state index in [1.807, 2.05) is 12.1 Å². The van der Waals surface area contributed by atoms with E-state index in [-0.39, 0.29) is 23.5 Å².